The summed E-state index contributed by atoms with van der Waals surface area (Å²) < 4.78 is 15.9. The van der Waals surface area contributed by atoms with Crippen LogP contribution in [-0.4, -0.2) is 39.8 Å². The lowest BCUT2D eigenvalue weighted by Gasteiger charge is -2.27. The Hall–Kier alpha value is -2.11. The number of anilines is 1. The fourth-order valence-corrected chi connectivity index (χ4v) is 3.05. The van der Waals surface area contributed by atoms with Crippen molar-refractivity contribution in [2.75, 3.05) is 33.2 Å². The third-order valence-electron chi connectivity index (χ3n) is 4.50. The van der Waals surface area contributed by atoms with Crippen molar-refractivity contribution >= 4 is 11.6 Å². The molecule has 6 nitrogen and oxygen atoms in total. The Morgan fingerprint density at radius 2 is 1.62 bits per heavy atom. The third-order valence-corrected chi connectivity index (χ3v) is 4.50. The summed E-state index contributed by atoms with van der Waals surface area (Å²) in [6.07, 6.45) is 4.50. The quantitative estimate of drug-likeness (QED) is 0.801. The van der Waals surface area contributed by atoms with Crippen LogP contribution in [0.3, 0.4) is 0 Å². The van der Waals surface area contributed by atoms with Gasteiger partial charge in [-0.25, -0.2) is 0 Å². The van der Waals surface area contributed by atoms with Gasteiger partial charge < -0.3 is 24.8 Å². The Morgan fingerprint density at radius 1 is 1.04 bits per heavy atom. The monoisotopic (exact) mass is 336 g/mol. The Labute approximate surface area is 143 Å². The van der Waals surface area contributed by atoms with Crippen molar-refractivity contribution in [3.8, 4) is 17.2 Å². The highest BCUT2D eigenvalue weighted by molar-refractivity contribution is 5.81. The molecule has 0 aromatic heterocycles. The molecule has 1 aliphatic carbocycles. The molecule has 1 saturated carbocycles. The van der Waals surface area contributed by atoms with Crippen molar-refractivity contribution < 1.29 is 19.0 Å². The molecule has 2 N–H and O–H groups in total. The number of hydrogen-bond donors (Lipinski definition) is 2. The number of ether oxygens (including phenoxy) is 3. The largest absolute Gasteiger partial charge is 0.493 e. The molecule has 0 radical (unpaired) electrons. The second-order valence-corrected chi connectivity index (χ2v) is 6.29. The maximum Gasteiger partial charge on any atom is 0.239 e. The van der Waals surface area contributed by atoms with Gasteiger partial charge >= 0.3 is 0 Å². The van der Waals surface area contributed by atoms with Crippen LogP contribution < -0.4 is 24.8 Å². The molecule has 0 unspecified atom stereocenters. The van der Waals surface area contributed by atoms with Gasteiger partial charge in [-0.3, -0.25) is 4.79 Å². The van der Waals surface area contributed by atoms with E-state index < -0.39 is 0 Å². The molecule has 1 aromatic rings. The Morgan fingerprint density at radius 3 is 2.12 bits per heavy atom. The third kappa shape index (κ3) is 4.69. The van der Waals surface area contributed by atoms with Gasteiger partial charge in [0.25, 0.3) is 0 Å². The van der Waals surface area contributed by atoms with E-state index in [1.165, 1.54) is 12.8 Å². The Bertz CT molecular complexity index is 529. The van der Waals surface area contributed by atoms with Gasteiger partial charge in [-0.2, -0.15) is 0 Å². The van der Waals surface area contributed by atoms with Gasteiger partial charge in [0.15, 0.2) is 11.5 Å². The molecule has 0 spiro atoms. The number of methoxy groups -OCH3 is 3. The molecule has 1 aliphatic rings. The van der Waals surface area contributed by atoms with Gasteiger partial charge in [0, 0.05) is 23.9 Å². The van der Waals surface area contributed by atoms with Gasteiger partial charge in [-0.05, 0) is 31.6 Å². The van der Waals surface area contributed by atoms with Crippen LogP contribution in [0.15, 0.2) is 12.1 Å². The first-order valence-electron chi connectivity index (χ1n) is 8.40. The van der Waals surface area contributed by atoms with Gasteiger partial charge in [-0.15, -0.1) is 0 Å². The Balaban J connectivity index is 1.92. The first kappa shape index (κ1) is 18.2. The fourth-order valence-electron chi connectivity index (χ4n) is 3.05. The first-order valence-corrected chi connectivity index (χ1v) is 8.40. The van der Waals surface area contributed by atoms with Gasteiger partial charge in [0.2, 0.25) is 11.7 Å². The van der Waals surface area contributed by atoms with E-state index in [1.54, 1.807) is 33.5 Å². The molecular weight excluding hydrogens is 308 g/mol. The van der Waals surface area contributed by atoms with Crippen molar-refractivity contribution in [1.82, 2.24) is 5.32 Å². The number of nitrogens with one attached hydrogen (secondary N) is 2. The van der Waals surface area contributed by atoms with Crippen LogP contribution in [-0.2, 0) is 4.79 Å². The van der Waals surface area contributed by atoms with Crippen LogP contribution in [0.25, 0.3) is 0 Å². The summed E-state index contributed by atoms with van der Waals surface area (Å²) in [5.41, 5.74) is 0.747. The molecule has 1 amide bonds. The zero-order valence-electron chi connectivity index (χ0n) is 15.0. The normalized spacial score (nSPS) is 20.2. The SMILES string of the molecule is COc1cc(NCC(=O)NC2CCC(C)CC2)cc(OC)c1OC. The van der Waals surface area contributed by atoms with Crippen molar-refractivity contribution in [2.45, 2.75) is 38.6 Å². The molecular formula is C18H28N2O4. The lowest BCUT2D eigenvalue weighted by molar-refractivity contribution is -0.120. The molecule has 0 saturated heterocycles. The predicted octanol–water partition coefficient (Wildman–Crippen LogP) is 2.82. The second-order valence-electron chi connectivity index (χ2n) is 6.29. The van der Waals surface area contributed by atoms with E-state index in [1.807, 2.05) is 0 Å². The molecule has 1 aromatic carbocycles. The fraction of sp³-hybridized carbons (Fsp3) is 0.611. The summed E-state index contributed by atoms with van der Waals surface area (Å²) in [6, 6.07) is 3.88. The highest BCUT2D eigenvalue weighted by Gasteiger charge is 2.20. The minimum Gasteiger partial charge on any atom is -0.493 e. The van der Waals surface area contributed by atoms with Crippen LogP contribution in [0, 0.1) is 5.92 Å². The number of hydrogen-bond acceptors (Lipinski definition) is 5. The Kier molecular flexibility index (Phi) is 6.58. The van der Waals surface area contributed by atoms with Crippen molar-refractivity contribution in [3.63, 3.8) is 0 Å². The van der Waals surface area contributed by atoms with Crippen LogP contribution in [0.5, 0.6) is 17.2 Å². The maximum absolute atomic E-state index is 12.1. The second kappa shape index (κ2) is 8.66. The highest BCUT2D eigenvalue weighted by atomic mass is 16.5. The molecule has 134 valence electrons. The topological polar surface area (TPSA) is 68.8 Å². The smallest absolute Gasteiger partial charge is 0.239 e. The lowest BCUT2D eigenvalue weighted by atomic mass is 9.87. The number of carbonyl (C=O) groups excluding carboxylic acids is 1. The van der Waals surface area contributed by atoms with E-state index in [0.29, 0.717) is 23.3 Å². The van der Waals surface area contributed by atoms with E-state index in [0.717, 1.165) is 24.4 Å². The highest BCUT2D eigenvalue weighted by Crippen LogP contribution is 2.39. The zero-order valence-corrected chi connectivity index (χ0v) is 15.0. The predicted molar refractivity (Wildman–Crippen MR) is 94.2 cm³/mol. The molecule has 24 heavy (non-hydrogen) atoms. The number of rotatable bonds is 7. The van der Waals surface area contributed by atoms with Gasteiger partial charge in [0.05, 0.1) is 27.9 Å². The molecule has 0 aliphatic heterocycles. The van der Waals surface area contributed by atoms with E-state index in [-0.39, 0.29) is 12.5 Å². The summed E-state index contributed by atoms with van der Waals surface area (Å²) in [4.78, 5) is 12.1. The number of benzene rings is 1. The van der Waals surface area contributed by atoms with Crippen molar-refractivity contribution in [3.05, 3.63) is 12.1 Å². The average Bonchev–Trinajstić information content (AvgIpc) is 2.60. The molecule has 0 bridgehead atoms. The van der Waals surface area contributed by atoms with Crippen molar-refractivity contribution in [1.29, 1.82) is 0 Å². The van der Waals surface area contributed by atoms with E-state index in [4.69, 9.17) is 14.2 Å². The standard InChI is InChI=1S/C18H28N2O4/c1-12-5-7-13(8-6-12)20-17(21)11-19-14-9-15(22-2)18(24-4)16(10-14)23-3/h9-10,12-13,19H,5-8,11H2,1-4H3,(H,20,21). The molecule has 1 fully saturated rings. The summed E-state index contributed by atoms with van der Waals surface area (Å²) in [5.74, 6) is 2.42. The molecule has 6 heteroatoms. The van der Waals surface area contributed by atoms with Crippen LogP contribution in [0.1, 0.15) is 32.6 Å². The van der Waals surface area contributed by atoms with Crippen LogP contribution in [0.4, 0.5) is 5.69 Å². The summed E-state index contributed by atoms with van der Waals surface area (Å²) in [6.45, 7) is 2.48. The minimum atomic E-state index is 0.00306. The summed E-state index contributed by atoms with van der Waals surface area (Å²) >= 11 is 0. The van der Waals surface area contributed by atoms with Crippen LogP contribution >= 0.6 is 0 Å². The zero-order chi connectivity index (χ0) is 17.5. The van der Waals surface area contributed by atoms with E-state index in [9.17, 15) is 4.79 Å². The average molecular weight is 336 g/mol. The first-order chi connectivity index (χ1) is 11.6. The van der Waals surface area contributed by atoms with Gasteiger partial charge in [-0.1, -0.05) is 6.92 Å². The van der Waals surface area contributed by atoms with Crippen molar-refractivity contribution in [2.24, 2.45) is 5.92 Å². The summed E-state index contributed by atoms with van der Waals surface area (Å²) in [5, 5.41) is 6.22. The van der Waals surface area contributed by atoms with Gasteiger partial charge in [0.1, 0.15) is 0 Å². The molecule has 0 heterocycles. The maximum atomic E-state index is 12.1. The van der Waals surface area contributed by atoms with E-state index in [2.05, 4.69) is 17.6 Å². The lowest BCUT2D eigenvalue weighted by Crippen LogP contribution is -2.40. The molecule has 2 rings (SSSR count). The minimum absolute atomic E-state index is 0.00306. The van der Waals surface area contributed by atoms with Crippen LogP contribution in [0.2, 0.25) is 0 Å². The number of amides is 1. The summed E-state index contributed by atoms with van der Waals surface area (Å²) in [7, 11) is 4.70. The van der Waals surface area contributed by atoms with E-state index >= 15 is 0 Å². The molecule has 0 atom stereocenters. The number of carbonyl (C=O) groups is 1.